The Morgan fingerprint density at radius 3 is 2.24 bits per heavy atom. The minimum Gasteiger partial charge on any atom is -0.298 e. The largest absolute Gasteiger partial charge is 0.405 e. The molecule has 2 rings (SSSR count). The number of carbonyl (C=O) groups is 1. The van der Waals surface area contributed by atoms with E-state index in [-0.39, 0.29) is 18.4 Å². The third-order valence-corrected chi connectivity index (χ3v) is 3.43. The van der Waals surface area contributed by atoms with E-state index in [1.807, 2.05) is 0 Å². The van der Waals surface area contributed by atoms with Gasteiger partial charge in [-0.3, -0.25) is 4.79 Å². The number of carbonyl (C=O) groups excluding carboxylic acids is 1. The van der Waals surface area contributed by atoms with Gasteiger partial charge in [-0.1, -0.05) is 36.8 Å². The van der Waals surface area contributed by atoms with E-state index in [1.54, 1.807) is 18.2 Å². The quantitative estimate of drug-likeness (QED) is 0.735. The van der Waals surface area contributed by atoms with Crippen LogP contribution < -0.4 is 0 Å². The van der Waals surface area contributed by atoms with Gasteiger partial charge >= 0.3 is 6.18 Å². The van der Waals surface area contributed by atoms with Crippen molar-refractivity contribution in [2.45, 2.75) is 37.3 Å². The van der Waals surface area contributed by atoms with Crippen LogP contribution in [0.3, 0.4) is 0 Å². The average molecular weight is 242 g/mol. The number of Topliss-reactive ketones (excluding diaryl/α,β-unsaturated/α-hetero) is 1. The molecule has 1 aliphatic carbocycles. The third-order valence-electron chi connectivity index (χ3n) is 3.43. The van der Waals surface area contributed by atoms with Crippen molar-refractivity contribution in [1.29, 1.82) is 0 Å². The second kappa shape index (κ2) is 4.17. The van der Waals surface area contributed by atoms with E-state index in [4.69, 9.17) is 0 Å². The Balaban J connectivity index is 2.55. The summed E-state index contributed by atoms with van der Waals surface area (Å²) in [4.78, 5) is 11.8. The lowest BCUT2D eigenvalue weighted by Crippen LogP contribution is -2.50. The van der Waals surface area contributed by atoms with E-state index in [9.17, 15) is 18.0 Å². The zero-order valence-electron chi connectivity index (χ0n) is 9.26. The van der Waals surface area contributed by atoms with Crippen molar-refractivity contribution in [2.75, 3.05) is 0 Å². The molecule has 0 bridgehead atoms. The zero-order valence-corrected chi connectivity index (χ0v) is 9.26. The molecule has 1 aromatic rings. The van der Waals surface area contributed by atoms with E-state index < -0.39 is 17.4 Å². The lowest BCUT2D eigenvalue weighted by atomic mass is 9.68. The highest BCUT2D eigenvalue weighted by atomic mass is 19.4. The summed E-state index contributed by atoms with van der Waals surface area (Å²) in [6.45, 7) is 0. The molecular formula is C13H13F3O. The van der Waals surface area contributed by atoms with Crippen LogP contribution in [0.5, 0.6) is 0 Å². The fourth-order valence-corrected chi connectivity index (χ4v) is 2.52. The van der Waals surface area contributed by atoms with E-state index in [0.717, 1.165) is 0 Å². The molecule has 1 aliphatic rings. The van der Waals surface area contributed by atoms with Crippen LogP contribution in [0.2, 0.25) is 0 Å². The van der Waals surface area contributed by atoms with Crippen molar-refractivity contribution in [3.8, 4) is 0 Å². The summed E-state index contributed by atoms with van der Waals surface area (Å²) in [6.07, 6.45) is -3.61. The smallest absolute Gasteiger partial charge is 0.298 e. The van der Waals surface area contributed by atoms with Crippen molar-refractivity contribution < 1.29 is 18.0 Å². The highest BCUT2D eigenvalue weighted by Gasteiger charge is 2.60. The fraction of sp³-hybridized carbons (Fsp3) is 0.462. The molecule has 17 heavy (non-hydrogen) atoms. The summed E-state index contributed by atoms with van der Waals surface area (Å²) in [5.41, 5.74) is -2.19. The molecule has 0 saturated heterocycles. The van der Waals surface area contributed by atoms with E-state index >= 15 is 0 Å². The molecule has 0 heterocycles. The molecule has 1 saturated carbocycles. The molecule has 0 amide bonds. The highest BCUT2D eigenvalue weighted by Crippen LogP contribution is 2.48. The average Bonchev–Trinajstić information content (AvgIpc) is 2.29. The number of ketones is 1. The van der Waals surface area contributed by atoms with Crippen molar-refractivity contribution in [3.63, 3.8) is 0 Å². The molecule has 0 aromatic heterocycles. The number of halogens is 3. The number of hydrogen-bond donors (Lipinski definition) is 0. The van der Waals surface area contributed by atoms with Gasteiger partial charge in [0, 0.05) is 6.42 Å². The lowest BCUT2D eigenvalue weighted by Gasteiger charge is -2.37. The minimum absolute atomic E-state index is 0.0222. The first-order valence-corrected chi connectivity index (χ1v) is 5.64. The van der Waals surface area contributed by atoms with Gasteiger partial charge in [0.1, 0.15) is 5.41 Å². The summed E-state index contributed by atoms with van der Waals surface area (Å²) < 4.78 is 39.9. The van der Waals surface area contributed by atoms with E-state index in [0.29, 0.717) is 12.8 Å². The topological polar surface area (TPSA) is 17.1 Å². The summed E-state index contributed by atoms with van der Waals surface area (Å²) >= 11 is 0. The molecule has 4 heteroatoms. The molecule has 1 fully saturated rings. The van der Waals surface area contributed by atoms with Crippen molar-refractivity contribution >= 4 is 5.78 Å². The third kappa shape index (κ3) is 1.85. The molecule has 0 aliphatic heterocycles. The van der Waals surface area contributed by atoms with E-state index in [1.165, 1.54) is 12.1 Å². The number of alkyl halides is 3. The number of benzene rings is 1. The Bertz CT molecular complexity index is 410. The van der Waals surface area contributed by atoms with Crippen molar-refractivity contribution in [1.82, 2.24) is 0 Å². The van der Waals surface area contributed by atoms with Gasteiger partial charge < -0.3 is 0 Å². The molecule has 92 valence electrons. The SMILES string of the molecule is O=C1CCCC[C@@]1(c1ccccc1)C(F)(F)F. The van der Waals surface area contributed by atoms with Crippen LogP contribution in [0, 0.1) is 0 Å². The summed E-state index contributed by atoms with van der Waals surface area (Å²) in [5, 5.41) is 0. The highest BCUT2D eigenvalue weighted by molar-refractivity contribution is 5.91. The molecule has 0 radical (unpaired) electrons. The van der Waals surface area contributed by atoms with Gasteiger partial charge in [0.15, 0.2) is 5.78 Å². The standard InChI is InChI=1S/C13H13F3O/c14-13(15,16)12(9-5-4-8-11(12)17)10-6-2-1-3-7-10/h1-3,6-7H,4-5,8-9H2/t12-/m0/s1. The van der Waals surface area contributed by atoms with Crippen molar-refractivity contribution in [3.05, 3.63) is 35.9 Å². The van der Waals surface area contributed by atoms with Crippen LogP contribution in [-0.4, -0.2) is 12.0 Å². The predicted octanol–water partition coefficient (Wildman–Crippen LogP) is 3.63. The molecular weight excluding hydrogens is 229 g/mol. The maximum Gasteiger partial charge on any atom is 0.405 e. The lowest BCUT2D eigenvalue weighted by molar-refractivity contribution is -0.198. The first-order chi connectivity index (χ1) is 7.98. The minimum atomic E-state index is -4.51. The van der Waals surface area contributed by atoms with Gasteiger partial charge in [-0.15, -0.1) is 0 Å². The molecule has 1 aromatic carbocycles. The van der Waals surface area contributed by atoms with Gasteiger partial charge in [0.25, 0.3) is 0 Å². The van der Waals surface area contributed by atoms with Gasteiger partial charge in [-0.05, 0) is 18.4 Å². The Labute approximate surface area is 97.6 Å². The Kier molecular flexibility index (Phi) is 2.98. The van der Waals surface area contributed by atoms with Crippen LogP contribution in [0.25, 0.3) is 0 Å². The number of hydrogen-bond acceptors (Lipinski definition) is 1. The summed E-state index contributed by atoms with van der Waals surface area (Å²) in [6, 6.07) is 7.55. The summed E-state index contributed by atoms with van der Waals surface area (Å²) in [7, 11) is 0. The Hall–Kier alpha value is -1.32. The first-order valence-electron chi connectivity index (χ1n) is 5.64. The van der Waals surface area contributed by atoms with Crippen LogP contribution in [0.4, 0.5) is 13.2 Å². The Morgan fingerprint density at radius 1 is 1.06 bits per heavy atom. The van der Waals surface area contributed by atoms with E-state index in [2.05, 4.69) is 0 Å². The number of rotatable bonds is 1. The molecule has 0 spiro atoms. The second-order valence-electron chi connectivity index (χ2n) is 4.40. The predicted molar refractivity (Wildman–Crippen MR) is 57.7 cm³/mol. The second-order valence-corrected chi connectivity index (χ2v) is 4.40. The first kappa shape index (κ1) is 12.1. The molecule has 1 nitrogen and oxygen atoms in total. The molecule has 1 atom stereocenters. The van der Waals surface area contributed by atoms with Crippen LogP contribution in [-0.2, 0) is 10.2 Å². The summed E-state index contributed by atoms with van der Waals surface area (Å²) in [5.74, 6) is -0.692. The zero-order chi connectivity index (χ0) is 12.5. The van der Waals surface area contributed by atoms with Gasteiger partial charge in [0.2, 0.25) is 0 Å². The molecule has 0 N–H and O–H groups in total. The molecule has 0 unspecified atom stereocenters. The fourth-order valence-electron chi connectivity index (χ4n) is 2.52. The van der Waals surface area contributed by atoms with Gasteiger partial charge in [-0.2, -0.15) is 13.2 Å². The maximum atomic E-state index is 13.3. The normalized spacial score (nSPS) is 25.9. The van der Waals surface area contributed by atoms with Crippen LogP contribution in [0.1, 0.15) is 31.2 Å². The van der Waals surface area contributed by atoms with Gasteiger partial charge in [0.05, 0.1) is 0 Å². The van der Waals surface area contributed by atoms with Crippen LogP contribution >= 0.6 is 0 Å². The maximum absolute atomic E-state index is 13.3. The monoisotopic (exact) mass is 242 g/mol. The van der Waals surface area contributed by atoms with Crippen molar-refractivity contribution in [2.24, 2.45) is 0 Å². The Morgan fingerprint density at radius 2 is 1.71 bits per heavy atom. The van der Waals surface area contributed by atoms with Crippen LogP contribution in [0.15, 0.2) is 30.3 Å². The van der Waals surface area contributed by atoms with Gasteiger partial charge in [-0.25, -0.2) is 0 Å².